The monoisotopic (exact) mass is 320 g/mol. The van der Waals surface area contributed by atoms with Gasteiger partial charge in [0.2, 0.25) is 5.16 Å². The highest BCUT2D eigenvalue weighted by molar-refractivity contribution is 7.98. The van der Waals surface area contributed by atoms with Crippen molar-refractivity contribution in [2.75, 3.05) is 6.61 Å². The molecular weight excluding hydrogens is 304 g/mol. The molecule has 5 nitrogen and oxygen atoms in total. The third kappa shape index (κ3) is 3.64. The molecule has 0 amide bonds. The fourth-order valence-electron chi connectivity index (χ4n) is 2.44. The lowest BCUT2D eigenvalue weighted by molar-refractivity contribution is 0.350. The maximum Gasteiger partial charge on any atom is 0.209 e. The molecule has 0 unspecified atom stereocenters. The molecule has 0 radical (unpaired) electrons. The van der Waals surface area contributed by atoms with Gasteiger partial charge in [0.15, 0.2) is 0 Å². The number of thioether (sulfide) groups is 1. The van der Waals surface area contributed by atoms with E-state index in [1.54, 1.807) is 23.1 Å². The fourth-order valence-corrected chi connectivity index (χ4v) is 4.31. The Kier molecular flexibility index (Phi) is 4.91. The van der Waals surface area contributed by atoms with Crippen molar-refractivity contribution in [2.45, 2.75) is 42.6 Å². The number of aliphatic hydroxyl groups excluding tert-OH is 1. The van der Waals surface area contributed by atoms with Crippen molar-refractivity contribution in [3.8, 4) is 11.8 Å². The molecule has 0 spiro atoms. The summed E-state index contributed by atoms with van der Waals surface area (Å²) in [5.41, 5.74) is 0. The van der Waals surface area contributed by atoms with Gasteiger partial charge in [0, 0.05) is 10.6 Å². The van der Waals surface area contributed by atoms with Crippen LogP contribution in [0.4, 0.5) is 0 Å². The first-order valence-electron chi connectivity index (χ1n) is 6.96. The first-order valence-corrected chi connectivity index (χ1v) is 8.76. The van der Waals surface area contributed by atoms with Crippen molar-refractivity contribution in [3.05, 3.63) is 21.9 Å². The molecule has 2 aromatic heterocycles. The molecule has 2 aromatic rings. The topological polar surface area (TPSA) is 63.8 Å². The summed E-state index contributed by atoms with van der Waals surface area (Å²) in [6, 6.07) is 4.53. The molecule has 21 heavy (non-hydrogen) atoms. The molecule has 3 rings (SSSR count). The number of aliphatic hydroxyl groups is 1. The lowest BCUT2D eigenvalue weighted by Gasteiger charge is -2.10. The van der Waals surface area contributed by atoms with Gasteiger partial charge in [-0.3, -0.25) is 0 Å². The smallest absolute Gasteiger partial charge is 0.209 e. The Morgan fingerprint density at radius 1 is 1.38 bits per heavy atom. The molecule has 1 aliphatic rings. The van der Waals surface area contributed by atoms with Crippen LogP contribution in [-0.4, -0.2) is 31.9 Å². The maximum atomic E-state index is 8.70. The van der Waals surface area contributed by atoms with Gasteiger partial charge in [-0.15, -0.1) is 16.4 Å². The van der Waals surface area contributed by atoms with E-state index in [1.807, 2.05) is 10.7 Å². The number of hydrogen-bond acceptors (Lipinski definition) is 6. The number of tetrazole rings is 1. The molecule has 0 atom stereocenters. The molecule has 1 N–H and O–H groups in total. The summed E-state index contributed by atoms with van der Waals surface area (Å²) in [6.45, 7) is -0.0991. The second-order valence-electron chi connectivity index (χ2n) is 4.86. The lowest BCUT2D eigenvalue weighted by atomic mass is 10.3. The van der Waals surface area contributed by atoms with Gasteiger partial charge in [0.25, 0.3) is 0 Å². The first kappa shape index (κ1) is 14.6. The quantitative estimate of drug-likeness (QED) is 0.692. The Morgan fingerprint density at radius 3 is 3.05 bits per heavy atom. The zero-order valence-electron chi connectivity index (χ0n) is 11.5. The summed E-state index contributed by atoms with van der Waals surface area (Å²) in [4.78, 5) is 2.22. The second-order valence-corrected chi connectivity index (χ2v) is 6.97. The molecule has 1 aliphatic carbocycles. The van der Waals surface area contributed by atoms with E-state index in [0.717, 1.165) is 15.8 Å². The molecule has 0 aliphatic heterocycles. The largest absolute Gasteiger partial charge is 0.384 e. The van der Waals surface area contributed by atoms with Gasteiger partial charge in [0.1, 0.15) is 6.61 Å². The summed E-state index contributed by atoms with van der Waals surface area (Å²) in [5.74, 6) is 6.44. The van der Waals surface area contributed by atoms with Crippen LogP contribution in [0.2, 0.25) is 0 Å². The SMILES string of the molecule is OCC#Cc1ccc(CSc2nnnn2C2CCCC2)s1. The standard InChI is InChI=1S/C14H16N4OS2/c19-9-3-6-12-7-8-13(21-12)10-20-14-15-16-17-18(14)11-4-1-2-5-11/h7-8,11,19H,1-2,4-5,9-10H2. The Bertz CT molecular complexity index is 649. The minimum atomic E-state index is -0.0991. The van der Waals surface area contributed by atoms with E-state index in [9.17, 15) is 0 Å². The van der Waals surface area contributed by atoms with Crippen molar-refractivity contribution >= 4 is 23.1 Å². The third-order valence-electron chi connectivity index (χ3n) is 3.43. The van der Waals surface area contributed by atoms with Crippen LogP contribution in [0.3, 0.4) is 0 Å². The molecule has 0 aromatic carbocycles. The van der Waals surface area contributed by atoms with Gasteiger partial charge in [-0.25, -0.2) is 4.68 Å². The minimum Gasteiger partial charge on any atom is -0.384 e. The van der Waals surface area contributed by atoms with Crippen LogP contribution in [0.25, 0.3) is 0 Å². The number of nitrogens with zero attached hydrogens (tertiary/aromatic N) is 4. The third-order valence-corrected chi connectivity index (χ3v) is 5.59. The molecule has 0 saturated heterocycles. The summed E-state index contributed by atoms with van der Waals surface area (Å²) in [6.07, 6.45) is 4.90. The van der Waals surface area contributed by atoms with Gasteiger partial charge in [-0.2, -0.15) is 0 Å². The summed E-state index contributed by atoms with van der Waals surface area (Å²) in [7, 11) is 0. The molecule has 7 heteroatoms. The Hall–Kier alpha value is -1.36. The first-order chi connectivity index (χ1) is 10.4. The van der Waals surface area contributed by atoms with Crippen LogP contribution < -0.4 is 0 Å². The van der Waals surface area contributed by atoms with Crippen LogP contribution in [0.5, 0.6) is 0 Å². The van der Waals surface area contributed by atoms with E-state index < -0.39 is 0 Å². The van der Waals surface area contributed by atoms with Crippen molar-refractivity contribution in [2.24, 2.45) is 0 Å². The number of aromatic nitrogens is 4. The van der Waals surface area contributed by atoms with E-state index in [-0.39, 0.29) is 6.61 Å². The zero-order chi connectivity index (χ0) is 14.5. The molecule has 110 valence electrons. The molecule has 0 bridgehead atoms. The van der Waals surface area contributed by atoms with Crippen molar-refractivity contribution in [3.63, 3.8) is 0 Å². The molecule has 2 heterocycles. The highest BCUT2D eigenvalue weighted by Gasteiger charge is 2.21. The predicted octanol–water partition coefficient (Wildman–Crippen LogP) is 2.49. The highest BCUT2D eigenvalue weighted by Crippen LogP contribution is 2.32. The van der Waals surface area contributed by atoms with E-state index in [4.69, 9.17) is 5.11 Å². The van der Waals surface area contributed by atoms with Crippen molar-refractivity contribution < 1.29 is 5.11 Å². The van der Waals surface area contributed by atoms with Gasteiger partial charge >= 0.3 is 0 Å². The summed E-state index contributed by atoms with van der Waals surface area (Å²) >= 11 is 3.32. The van der Waals surface area contributed by atoms with Crippen molar-refractivity contribution in [1.29, 1.82) is 0 Å². The van der Waals surface area contributed by atoms with E-state index >= 15 is 0 Å². The number of hydrogen-bond donors (Lipinski definition) is 1. The Balaban J connectivity index is 1.62. The van der Waals surface area contributed by atoms with E-state index in [2.05, 4.69) is 33.4 Å². The van der Waals surface area contributed by atoms with Gasteiger partial charge in [0.05, 0.1) is 10.9 Å². The zero-order valence-corrected chi connectivity index (χ0v) is 13.2. The summed E-state index contributed by atoms with van der Waals surface area (Å²) in [5, 5.41) is 21.7. The van der Waals surface area contributed by atoms with Crippen LogP contribution in [0, 0.1) is 11.8 Å². The lowest BCUT2D eigenvalue weighted by Crippen LogP contribution is -2.08. The highest BCUT2D eigenvalue weighted by atomic mass is 32.2. The van der Waals surface area contributed by atoms with Crippen LogP contribution in [0.1, 0.15) is 41.5 Å². The normalized spacial score (nSPS) is 15.1. The van der Waals surface area contributed by atoms with E-state index in [0.29, 0.717) is 6.04 Å². The Morgan fingerprint density at radius 2 is 2.24 bits per heavy atom. The van der Waals surface area contributed by atoms with Crippen molar-refractivity contribution in [1.82, 2.24) is 20.2 Å². The Labute approximate surface area is 131 Å². The van der Waals surface area contributed by atoms with Gasteiger partial charge < -0.3 is 5.11 Å². The second kappa shape index (κ2) is 7.07. The van der Waals surface area contributed by atoms with E-state index in [1.165, 1.54) is 30.6 Å². The van der Waals surface area contributed by atoms with Crippen LogP contribution in [0.15, 0.2) is 17.3 Å². The average Bonchev–Trinajstić information content (AvgIpc) is 3.22. The van der Waals surface area contributed by atoms with Gasteiger partial charge in [-0.1, -0.05) is 36.4 Å². The molecule has 1 fully saturated rings. The van der Waals surface area contributed by atoms with Gasteiger partial charge in [-0.05, 0) is 35.4 Å². The fraction of sp³-hybridized carbons (Fsp3) is 0.500. The van der Waals surface area contributed by atoms with Crippen LogP contribution in [-0.2, 0) is 5.75 Å². The number of rotatable bonds is 4. The maximum absolute atomic E-state index is 8.70. The number of thiophene rings is 1. The summed E-state index contributed by atoms with van der Waals surface area (Å²) < 4.78 is 1.98. The minimum absolute atomic E-state index is 0.0991. The molecular formula is C14H16N4OS2. The average molecular weight is 320 g/mol. The molecule has 1 saturated carbocycles. The van der Waals surface area contributed by atoms with Crippen LogP contribution >= 0.6 is 23.1 Å². The predicted molar refractivity (Wildman–Crippen MR) is 83.2 cm³/mol.